The summed E-state index contributed by atoms with van der Waals surface area (Å²) in [6, 6.07) is 18.2. The van der Waals surface area contributed by atoms with Crippen molar-refractivity contribution in [3.05, 3.63) is 108 Å². The normalized spacial score (nSPS) is 12.3. The molecule has 2 aromatic heterocycles. The van der Waals surface area contributed by atoms with Gasteiger partial charge < -0.3 is 5.32 Å². The Kier molecular flexibility index (Phi) is 7.09. The van der Waals surface area contributed by atoms with E-state index >= 15 is 0 Å². The first-order valence-corrected chi connectivity index (χ1v) is 11.9. The Bertz CT molecular complexity index is 1350. The van der Waals surface area contributed by atoms with Crippen LogP contribution in [0, 0.1) is 5.82 Å². The van der Waals surface area contributed by atoms with Gasteiger partial charge in [-0.25, -0.2) is 22.5 Å². The number of pyridine rings is 1. The van der Waals surface area contributed by atoms with E-state index < -0.39 is 32.7 Å². The van der Waals surface area contributed by atoms with Crippen LogP contribution in [0.2, 0.25) is 0 Å². The maximum atomic E-state index is 14.1. The number of amides is 1. The van der Waals surface area contributed by atoms with Gasteiger partial charge in [0.1, 0.15) is 16.8 Å². The summed E-state index contributed by atoms with van der Waals surface area (Å²) < 4.78 is 43.8. The van der Waals surface area contributed by atoms with E-state index in [9.17, 15) is 17.6 Å². The van der Waals surface area contributed by atoms with Crippen molar-refractivity contribution in [2.45, 2.75) is 23.9 Å². The average molecular weight is 480 g/mol. The van der Waals surface area contributed by atoms with E-state index in [1.54, 1.807) is 65.7 Å². The number of hydrogen-bond acceptors (Lipinski definition) is 5. The molecule has 0 aliphatic carbocycles. The minimum Gasteiger partial charge on any atom is -0.351 e. The summed E-state index contributed by atoms with van der Waals surface area (Å²) in [6.45, 7) is 0.137. The van der Waals surface area contributed by atoms with Gasteiger partial charge in [-0.3, -0.25) is 4.79 Å². The third kappa shape index (κ3) is 5.72. The summed E-state index contributed by atoms with van der Waals surface area (Å²) in [6.07, 6.45) is 5.11. The van der Waals surface area contributed by atoms with Crippen LogP contribution in [0.25, 0.3) is 5.82 Å². The van der Waals surface area contributed by atoms with Gasteiger partial charge in [0.05, 0.1) is 0 Å². The summed E-state index contributed by atoms with van der Waals surface area (Å²) in [7, 11) is -4.28. The molecule has 1 atom stereocenters. The number of aromatic nitrogens is 3. The van der Waals surface area contributed by atoms with Crippen molar-refractivity contribution >= 4 is 15.9 Å². The van der Waals surface area contributed by atoms with Crippen LogP contribution in [-0.4, -0.2) is 35.1 Å². The van der Waals surface area contributed by atoms with Gasteiger partial charge in [0.15, 0.2) is 5.82 Å². The minimum atomic E-state index is -4.28. The predicted octanol–water partition coefficient (Wildman–Crippen LogP) is 2.61. The molecule has 1 amide bonds. The Morgan fingerprint density at radius 1 is 0.971 bits per heavy atom. The number of nitrogens with zero attached hydrogens (tertiary/aromatic N) is 3. The molecule has 174 valence electrons. The second-order valence-corrected chi connectivity index (χ2v) is 9.17. The Morgan fingerprint density at radius 2 is 1.74 bits per heavy atom. The molecule has 0 aliphatic heterocycles. The van der Waals surface area contributed by atoms with Crippen LogP contribution in [0.4, 0.5) is 4.39 Å². The highest BCUT2D eigenvalue weighted by atomic mass is 32.2. The number of benzene rings is 2. The fourth-order valence-corrected chi connectivity index (χ4v) is 4.60. The third-order valence-electron chi connectivity index (χ3n) is 5.04. The molecular weight excluding hydrogens is 457 g/mol. The van der Waals surface area contributed by atoms with Crippen LogP contribution in [0.5, 0.6) is 0 Å². The molecule has 10 heteroatoms. The predicted molar refractivity (Wildman–Crippen MR) is 124 cm³/mol. The standard InChI is InChI=1S/C24H22FN5O3S/c25-20-9-4-5-10-22(20)34(32,33)29-21(15-18-7-2-1-3-8-18)24(31)27-17-19-11-12-23(26-16-19)30-14-6-13-28-30/h1-14,16,21,29H,15,17H2,(H,27,31). The molecule has 34 heavy (non-hydrogen) atoms. The van der Waals surface area contributed by atoms with Gasteiger partial charge in [-0.2, -0.15) is 9.82 Å². The van der Waals surface area contributed by atoms with Crippen LogP contribution in [0.3, 0.4) is 0 Å². The van der Waals surface area contributed by atoms with Crippen LogP contribution < -0.4 is 10.0 Å². The quantitative estimate of drug-likeness (QED) is 0.384. The Morgan fingerprint density at radius 3 is 2.41 bits per heavy atom. The SMILES string of the molecule is O=C(NCc1ccc(-n2cccn2)nc1)C(Cc1ccccc1)NS(=O)(=O)c1ccccc1F. The second-order valence-electron chi connectivity index (χ2n) is 7.49. The smallest absolute Gasteiger partial charge is 0.244 e. The van der Waals surface area contributed by atoms with Crippen LogP contribution in [0.15, 0.2) is 96.3 Å². The van der Waals surface area contributed by atoms with Gasteiger partial charge in [-0.15, -0.1) is 0 Å². The molecule has 0 spiro atoms. The summed E-state index contributed by atoms with van der Waals surface area (Å²) in [5, 5.41) is 6.85. The van der Waals surface area contributed by atoms with E-state index in [0.717, 1.165) is 23.3 Å². The number of rotatable bonds is 9. The van der Waals surface area contributed by atoms with Crippen molar-refractivity contribution in [3.63, 3.8) is 0 Å². The zero-order valence-electron chi connectivity index (χ0n) is 18.0. The molecular formula is C24H22FN5O3S. The lowest BCUT2D eigenvalue weighted by atomic mass is 10.1. The molecule has 1 unspecified atom stereocenters. The van der Waals surface area contributed by atoms with Gasteiger partial charge in [0.25, 0.3) is 0 Å². The summed E-state index contributed by atoms with van der Waals surface area (Å²) in [4.78, 5) is 16.8. The lowest BCUT2D eigenvalue weighted by molar-refractivity contribution is -0.122. The molecule has 4 aromatic rings. The van der Waals surface area contributed by atoms with Crippen molar-refractivity contribution in [2.24, 2.45) is 0 Å². The van der Waals surface area contributed by atoms with Crippen LogP contribution in [-0.2, 0) is 27.8 Å². The van der Waals surface area contributed by atoms with Crippen LogP contribution >= 0.6 is 0 Å². The first kappa shape index (κ1) is 23.3. The van der Waals surface area contributed by atoms with Crippen molar-refractivity contribution in [1.29, 1.82) is 0 Å². The Hall–Kier alpha value is -3.89. The maximum absolute atomic E-state index is 14.1. The highest BCUT2D eigenvalue weighted by molar-refractivity contribution is 7.89. The molecule has 0 fully saturated rings. The van der Waals surface area contributed by atoms with Gasteiger partial charge in [-0.05, 0) is 41.8 Å². The molecule has 0 bridgehead atoms. The van der Waals surface area contributed by atoms with E-state index in [2.05, 4.69) is 20.1 Å². The van der Waals surface area contributed by atoms with Gasteiger partial charge in [0, 0.05) is 25.1 Å². The molecule has 0 saturated heterocycles. The van der Waals surface area contributed by atoms with Gasteiger partial charge >= 0.3 is 0 Å². The second kappa shape index (κ2) is 10.4. The lowest BCUT2D eigenvalue weighted by Crippen LogP contribution is -2.47. The van der Waals surface area contributed by atoms with E-state index in [1.165, 1.54) is 12.1 Å². The number of sulfonamides is 1. The minimum absolute atomic E-state index is 0.0941. The number of nitrogens with one attached hydrogen (secondary N) is 2. The molecule has 4 rings (SSSR count). The summed E-state index contributed by atoms with van der Waals surface area (Å²) in [5.41, 5.74) is 1.48. The van der Waals surface area contributed by atoms with E-state index in [0.29, 0.717) is 5.82 Å². The lowest BCUT2D eigenvalue weighted by Gasteiger charge is -2.19. The average Bonchev–Trinajstić information content (AvgIpc) is 3.38. The zero-order chi connectivity index (χ0) is 24.0. The molecule has 2 heterocycles. The number of carbonyl (C=O) groups excluding carboxylic acids is 1. The van der Waals surface area contributed by atoms with E-state index in [1.807, 2.05) is 6.07 Å². The maximum Gasteiger partial charge on any atom is 0.244 e. The van der Waals surface area contributed by atoms with Gasteiger partial charge in [0.2, 0.25) is 15.9 Å². The first-order chi connectivity index (χ1) is 16.4. The largest absolute Gasteiger partial charge is 0.351 e. The molecule has 0 aliphatic rings. The third-order valence-corrected chi connectivity index (χ3v) is 6.54. The zero-order valence-corrected chi connectivity index (χ0v) is 18.8. The Labute approximate surface area is 196 Å². The molecule has 0 saturated carbocycles. The summed E-state index contributed by atoms with van der Waals surface area (Å²) in [5.74, 6) is -0.809. The number of carbonyl (C=O) groups is 1. The highest BCUT2D eigenvalue weighted by Gasteiger charge is 2.27. The topological polar surface area (TPSA) is 106 Å². The van der Waals surface area contributed by atoms with Crippen molar-refractivity contribution < 1.29 is 17.6 Å². The number of hydrogen-bond donors (Lipinski definition) is 2. The molecule has 2 N–H and O–H groups in total. The monoisotopic (exact) mass is 479 g/mol. The fraction of sp³-hybridized carbons (Fsp3) is 0.125. The summed E-state index contributed by atoms with van der Waals surface area (Å²) >= 11 is 0. The van der Waals surface area contributed by atoms with E-state index in [4.69, 9.17) is 0 Å². The van der Waals surface area contributed by atoms with Crippen molar-refractivity contribution in [1.82, 2.24) is 24.8 Å². The van der Waals surface area contributed by atoms with Gasteiger partial charge in [-0.1, -0.05) is 48.5 Å². The highest BCUT2D eigenvalue weighted by Crippen LogP contribution is 2.15. The van der Waals surface area contributed by atoms with Crippen molar-refractivity contribution in [3.8, 4) is 5.82 Å². The fourth-order valence-electron chi connectivity index (χ4n) is 3.32. The van der Waals surface area contributed by atoms with Crippen molar-refractivity contribution in [2.75, 3.05) is 0 Å². The van der Waals surface area contributed by atoms with Crippen LogP contribution in [0.1, 0.15) is 11.1 Å². The Balaban J connectivity index is 1.49. The molecule has 8 nitrogen and oxygen atoms in total. The first-order valence-electron chi connectivity index (χ1n) is 10.5. The number of halogens is 1. The van der Waals surface area contributed by atoms with E-state index in [-0.39, 0.29) is 13.0 Å². The molecule has 0 radical (unpaired) electrons. The molecule has 2 aromatic carbocycles.